The number of carbonyl (C=O) groups is 2. The summed E-state index contributed by atoms with van der Waals surface area (Å²) in [7, 11) is 0. The van der Waals surface area contributed by atoms with Crippen molar-refractivity contribution in [1.29, 1.82) is 0 Å². The van der Waals surface area contributed by atoms with Crippen molar-refractivity contribution >= 4 is 11.9 Å². The molecule has 0 saturated carbocycles. The molecule has 17 heavy (non-hydrogen) atoms. The molecule has 0 fully saturated rings. The van der Waals surface area contributed by atoms with Gasteiger partial charge in [0, 0.05) is 18.0 Å². The predicted octanol–water partition coefficient (Wildman–Crippen LogP) is -1.80. The third-order valence-corrected chi connectivity index (χ3v) is 2.06. The maximum absolute atomic E-state index is 10.7. The summed E-state index contributed by atoms with van der Waals surface area (Å²) in [5, 5.41) is 21.4. The van der Waals surface area contributed by atoms with Gasteiger partial charge < -0.3 is 24.8 Å². The summed E-state index contributed by atoms with van der Waals surface area (Å²) in [6.07, 6.45) is 2.93. The topological polar surface area (TPSA) is 122 Å². The molecule has 2 rings (SSSR count). The van der Waals surface area contributed by atoms with Gasteiger partial charge in [-0.1, -0.05) is 0 Å². The number of aromatic amines is 1. The second-order valence-electron chi connectivity index (χ2n) is 3.12. The fourth-order valence-corrected chi connectivity index (χ4v) is 1.32. The van der Waals surface area contributed by atoms with E-state index in [1.165, 1.54) is 12.4 Å². The average Bonchev–Trinajstić information content (AvgIpc) is 2.75. The lowest BCUT2D eigenvalue weighted by molar-refractivity contribution is -0.260. The van der Waals surface area contributed by atoms with Crippen molar-refractivity contribution in [1.82, 2.24) is 15.0 Å². The molecule has 0 spiro atoms. The Hall–Kier alpha value is -2.70. The Kier molecular flexibility index (Phi) is 2.57. The largest absolute Gasteiger partial charge is 0.543 e. The first kappa shape index (κ1) is 10.8. The minimum Gasteiger partial charge on any atom is -0.543 e. The van der Waals surface area contributed by atoms with Gasteiger partial charge in [0.2, 0.25) is 0 Å². The highest BCUT2D eigenvalue weighted by Gasteiger charge is 2.12. The van der Waals surface area contributed by atoms with Gasteiger partial charge in [-0.3, -0.25) is 4.98 Å². The molecule has 2 aromatic heterocycles. The second-order valence-corrected chi connectivity index (χ2v) is 3.12. The van der Waals surface area contributed by atoms with Crippen LogP contribution in [0.5, 0.6) is 0 Å². The van der Waals surface area contributed by atoms with Crippen molar-refractivity contribution < 1.29 is 19.8 Å². The quantitative estimate of drug-likeness (QED) is 0.664. The molecule has 2 aromatic rings. The Balaban J connectivity index is 2.55. The lowest BCUT2D eigenvalue weighted by Crippen LogP contribution is -2.30. The SMILES string of the molecule is O=C([O-])c1nc(-c2ccncc2)[nH]c1C(=O)[O-]. The summed E-state index contributed by atoms with van der Waals surface area (Å²) in [5.74, 6) is -3.23. The third kappa shape index (κ3) is 1.98. The van der Waals surface area contributed by atoms with Crippen LogP contribution in [0.4, 0.5) is 0 Å². The molecule has 0 atom stereocenters. The first-order valence-corrected chi connectivity index (χ1v) is 4.52. The summed E-state index contributed by atoms with van der Waals surface area (Å²) >= 11 is 0. The molecule has 0 aliphatic carbocycles. The molecule has 0 unspecified atom stereocenters. The summed E-state index contributed by atoms with van der Waals surface area (Å²) in [6, 6.07) is 3.11. The number of aromatic nitrogens is 3. The number of carboxylic acids is 2. The first-order valence-electron chi connectivity index (χ1n) is 4.52. The minimum absolute atomic E-state index is 0.103. The van der Waals surface area contributed by atoms with Crippen LogP contribution in [0.2, 0.25) is 0 Å². The van der Waals surface area contributed by atoms with E-state index in [1.807, 2.05) is 0 Å². The molecular weight excluding hydrogens is 226 g/mol. The number of H-pyrrole nitrogens is 1. The molecule has 0 amide bonds. The number of carbonyl (C=O) groups excluding carboxylic acids is 2. The lowest BCUT2D eigenvalue weighted by Gasteiger charge is -2.02. The standard InChI is InChI=1S/C10H7N3O4/c14-9(15)6-7(10(16)17)13-8(12-6)5-1-3-11-4-2-5/h1-4H,(H,12,13)(H,14,15)(H,16,17)/p-2. The fraction of sp³-hybridized carbons (Fsp3) is 0. The van der Waals surface area contributed by atoms with E-state index in [2.05, 4.69) is 15.0 Å². The molecule has 0 bridgehead atoms. The highest BCUT2D eigenvalue weighted by atomic mass is 16.4. The maximum Gasteiger partial charge on any atom is 0.138 e. The number of nitrogens with zero attached hydrogens (tertiary/aromatic N) is 2. The molecule has 0 aliphatic heterocycles. The van der Waals surface area contributed by atoms with Gasteiger partial charge >= 0.3 is 0 Å². The Labute approximate surface area is 94.8 Å². The highest BCUT2D eigenvalue weighted by Crippen LogP contribution is 2.16. The van der Waals surface area contributed by atoms with Crippen molar-refractivity contribution in [3.63, 3.8) is 0 Å². The number of nitrogens with one attached hydrogen (secondary N) is 1. The zero-order chi connectivity index (χ0) is 12.4. The molecule has 86 valence electrons. The Morgan fingerprint density at radius 3 is 2.24 bits per heavy atom. The van der Waals surface area contributed by atoms with Crippen LogP contribution in [0, 0.1) is 0 Å². The number of pyridine rings is 1. The fourth-order valence-electron chi connectivity index (χ4n) is 1.32. The Bertz CT molecular complexity index is 545. The van der Waals surface area contributed by atoms with Crippen LogP contribution >= 0.6 is 0 Å². The van der Waals surface area contributed by atoms with Crippen molar-refractivity contribution in [3.8, 4) is 11.4 Å². The number of imidazole rings is 1. The molecule has 7 heteroatoms. The van der Waals surface area contributed by atoms with E-state index < -0.39 is 23.3 Å². The van der Waals surface area contributed by atoms with Gasteiger partial charge in [0.05, 0.1) is 17.6 Å². The molecule has 2 heterocycles. The Morgan fingerprint density at radius 2 is 1.76 bits per heavy atom. The molecule has 1 N–H and O–H groups in total. The average molecular weight is 231 g/mol. The monoisotopic (exact) mass is 231 g/mol. The van der Waals surface area contributed by atoms with Crippen molar-refractivity contribution in [2.45, 2.75) is 0 Å². The zero-order valence-corrected chi connectivity index (χ0v) is 8.34. The van der Waals surface area contributed by atoms with E-state index in [0.717, 1.165) is 0 Å². The van der Waals surface area contributed by atoms with Gasteiger partial charge in [-0.25, -0.2) is 4.98 Å². The van der Waals surface area contributed by atoms with E-state index in [-0.39, 0.29) is 5.82 Å². The number of hydrogen-bond donors (Lipinski definition) is 1. The van der Waals surface area contributed by atoms with Crippen LogP contribution in [-0.2, 0) is 0 Å². The van der Waals surface area contributed by atoms with Gasteiger partial charge in [-0.15, -0.1) is 0 Å². The van der Waals surface area contributed by atoms with E-state index in [9.17, 15) is 19.8 Å². The normalized spacial score (nSPS) is 10.1. The third-order valence-electron chi connectivity index (χ3n) is 2.06. The van der Waals surface area contributed by atoms with Crippen LogP contribution in [0.1, 0.15) is 21.0 Å². The van der Waals surface area contributed by atoms with Crippen LogP contribution in [-0.4, -0.2) is 26.9 Å². The molecule has 0 saturated heterocycles. The van der Waals surface area contributed by atoms with E-state index >= 15 is 0 Å². The number of hydrogen-bond acceptors (Lipinski definition) is 6. The maximum atomic E-state index is 10.7. The van der Waals surface area contributed by atoms with Gasteiger partial charge in [-0.05, 0) is 12.1 Å². The van der Waals surface area contributed by atoms with E-state index in [1.54, 1.807) is 12.1 Å². The summed E-state index contributed by atoms with van der Waals surface area (Å²) in [5.41, 5.74) is -0.788. The van der Waals surface area contributed by atoms with Gasteiger partial charge in [0.1, 0.15) is 11.5 Å². The first-order chi connectivity index (χ1) is 8.09. The van der Waals surface area contributed by atoms with Crippen LogP contribution in [0.15, 0.2) is 24.5 Å². The smallest absolute Gasteiger partial charge is 0.138 e. The van der Waals surface area contributed by atoms with Crippen LogP contribution < -0.4 is 10.2 Å². The Morgan fingerprint density at radius 1 is 1.12 bits per heavy atom. The van der Waals surface area contributed by atoms with Crippen molar-refractivity contribution in [3.05, 3.63) is 35.9 Å². The molecular formula is C10H5N3O4-2. The lowest BCUT2D eigenvalue weighted by atomic mass is 10.2. The summed E-state index contributed by atoms with van der Waals surface area (Å²) < 4.78 is 0. The molecule has 0 radical (unpaired) electrons. The number of rotatable bonds is 3. The van der Waals surface area contributed by atoms with Crippen LogP contribution in [0.3, 0.4) is 0 Å². The van der Waals surface area contributed by atoms with E-state index in [0.29, 0.717) is 5.56 Å². The summed E-state index contributed by atoms with van der Waals surface area (Å²) in [6.45, 7) is 0. The predicted molar refractivity (Wildman–Crippen MR) is 50.5 cm³/mol. The molecule has 0 aliphatic rings. The van der Waals surface area contributed by atoms with Crippen molar-refractivity contribution in [2.75, 3.05) is 0 Å². The van der Waals surface area contributed by atoms with E-state index in [4.69, 9.17) is 0 Å². The van der Waals surface area contributed by atoms with Crippen molar-refractivity contribution in [2.24, 2.45) is 0 Å². The van der Waals surface area contributed by atoms with Gasteiger partial charge in [0.15, 0.2) is 0 Å². The second kappa shape index (κ2) is 4.05. The molecule has 7 nitrogen and oxygen atoms in total. The molecule has 0 aromatic carbocycles. The highest BCUT2D eigenvalue weighted by molar-refractivity contribution is 5.98. The zero-order valence-electron chi connectivity index (χ0n) is 8.34. The van der Waals surface area contributed by atoms with Gasteiger partial charge in [0.25, 0.3) is 0 Å². The van der Waals surface area contributed by atoms with Gasteiger partial charge in [-0.2, -0.15) is 0 Å². The summed E-state index contributed by atoms with van der Waals surface area (Å²) in [4.78, 5) is 31.1. The van der Waals surface area contributed by atoms with Crippen LogP contribution in [0.25, 0.3) is 11.4 Å². The number of aromatic carboxylic acids is 2. The minimum atomic E-state index is -1.68. The number of carboxylic acid groups (broad SMARTS) is 2.